The van der Waals surface area contributed by atoms with Crippen molar-refractivity contribution in [3.8, 4) is 5.88 Å². The van der Waals surface area contributed by atoms with Crippen molar-refractivity contribution in [2.45, 2.75) is 12.5 Å². The molecule has 26 heavy (non-hydrogen) atoms. The van der Waals surface area contributed by atoms with Gasteiger partial charge in [0.25, 0.3) is 5.91 Å². The van der Waals surface area contributed by atoms with Crippen LogP contribution in [-0.2, 0) is 4.74 Å². The molecule has 0 aromatic carbocycles. The van der Waals surface area contributed by atoms with Gasteiger partial charge >= 0.3 is 0 Å². The highest BCUT2D eigenvalue weighted by atomic mass is 16.5. The maximum atomic E-state index is 12.5. The minimum atomic E-state index is -0.0740. The van der Waals surface area contributed by atoms with E-state index in [2.05, 4.69) is 19.9 Å². The van der Waals surface area contributed by atoms with Gasteiger partial charge in [0.2, 0.25) is 5.88 Å². The average Bonchev–Trinajstić information content (AvgIpc) is 3.17. The van der Waals surface area contributed by atoms with E-state index in [9.17, 15) is 4.79 Å². The number of rotatable bonds is 4. The maximum Gasteiger partial charge on any atom is 0.272 e. The van der Waals surface area contributed by atoms with Crippen molar-refractivity contribution >= 4 is 11.7 Å². The van der Waals surface area contributed by atoms with Crippen LogP contribution in [0.2, 0.25) is 0 Å². The predicted molar refractivity (Wildman–Crippen MR) is 94.2 cm³/mol. The molecule has 0 radical (unpaired) electrons. The molecule has 0 unspecified atom stereocenters. The molecule has 0 bridgehead atoms. The highest BCUT2D eigenvalue weighted by Crippen LogP contribution is 2.21. The number of anilines is 1. The number of hydrogen-bond donors (Lipinski definition) is 0. The molecule has 2 aliphatic heterocycles. The molecule has 2 aromatic heterocycles. The number of aromatic nitrogens is 3. The Bertz CT molecular complexity index is 752. The predicted octanol–water partition coefficient (Wildman–Crippen LogP) is 1.00. The van der Waals surface area contributed by atoms with Crippen molar-refractivity contribution in [2.24, 2.45) is 0 Å². The summed E-state index contributed by atoms with van der Waals surface area (Å²) in [5.74, 6) is 1.32. The zero-order valence-corrected chi connectivity index (χ0v) is 14.5. The van der Waals surface area contributed by atoms with Crippen molar-refractivity contribution in [3.63, 3.8) is 0 Å². The van der Waals surface area contributed by atoms with Crippen LogP contribution in [-0.4, -0.2) is 71.3 Å². The van der Waals surface area contributed by atoms with E-state index in [-0.39, 0.29) is 12.0 Å². The summed E-state index contributed by atoms with van der Waals surface area (Å²) in [5.41, 5.74) is 0.463. The van der Waals surface area contributed by atoms with Crippen LogP contribution in [0, 0.1) is 0 Å². The van der Waals surface area contributed by atoms with Gasteiger partial charge in [-0.1, -0.05) is 6.07 Å². The van der Waals surface area contributed by atoms with Gasteiger partial charge < -0.3 is 19.3 Å². The number of pyridine rings is 1. The normalized spacial score (nSPS) is 20.2. The molecule has 0 N–H and O–H groups in total. The number of likely N-dealkylation sites (tertiary alicyclic amines) is 1. The monoisotopic (exact) mass is 355 g/mol. The zero-order valence-electron chi connectivity index (χ0n) is 14.5. The fraction of sp³-hybridized carbons (Fsp3) is 0.444. The maximum absolute atomic E-state index is 12.5. The molecule has 8 nitrogen and oxygen atoms in total. The first-order chi connectivity index (χ1) is 12.8. The van der Waals surface area contributed by atoms with Gasteiger partial charge in [-0.2, -0.15) is 0 Å². The number of hydrogen-bond acceptors (Lipinski definition) is 7. The molecule has 4 rings (SSSR count). The average molecular weight is 355 g/mol. The molecular weight excluding hydrogens is 334 g/mol. The van der Waals surface area contributed by atoms with Crippen LogP contribution in [0.15, 0.2) is 36.8 Å². The van der Waals surface area contributed by atoms with Crippen molar-refractivity contribution in [3.05, 3.63) is 42.5 Å². The molecule has 136 valence electrons. The van der Waals surface area contributed by atoms with E-state index in [1.165, 1.54) is 6.33 Å². The number of morpholine rings is 1. The minimum absolute atomic E-state index is 0.0617. The van der Waals surface area contributed by atoms with Crippen LogP contribution in [0.4, 0.5) is 5.82 Å². The lowest BCUT2D eigenvalue weighted by molar-refractivity contribution is 0.0765. The second-order valence-electron chi connectivity index (χ2n) is 6.31. The van der Waals surface area contributed by atoms with E-state index in [0.29, 0.717) is 37.9 Å². The van der Waals surface area contributed by atoms with E-state index in [0.717, 1.165) is 25.3 Å². The molecule has 8 heteroatoms. The Morgan fingerprint density at radius 2 is 2.04 bits per heavy atom. The van der Waals surface area contributed by atoms with E-state index in [4.69, 9.17) is 9.47 Å². The van der Waals surface area contributed by atoms with E-state index < -0.39 is 0 Å². The van der Waals surface area contributed by atoms with E-state index >= 15 is 0 Å². The van der Waals surface area contributed by atoms with Crippen molar-refractivity contribution in [1.29, 1.82) is 0 Å². The van der Waals surface area contributed by atoms with E-state index in [1.54, 1.807) is 23.2 Å². The molecule has 1 atom stereocenters. The Kier molecular flexibility index (Phi) is 4.92. The van der Waals surface area contributed by atoms with Gasteiger partial charge in [0.15, 0.2) is 0 Å². The molecule has 2 fully saturated rings. The van der Waals surface area contributed by atoms with Crippen molar-refractivity contribution < 1.29 is 14.3 Å². The van der Waals surface area contributed by atoms with E-state index in [1.807, 2.05) is 12.1 Å². The fourth-order valence-electron chi connectivity index (χ4n) is 3.19. The molecular formula is C18H21N5O3. The smallest absolute Gasteiger partial charge is 0.272 e. The van der Waals surface area contributed by atoms with Crippen LogP contribution >= 0.6 is 0 Å². The summed E-state index contributed by atoms with van der Waals surface area (Å²) < 4.78 is 11.4. The molecule has 2 aliphatic rings. The molecule has 0 spiro atoms. The highest BCUT2D eigenvalue weighted by molar-refractivity contribution is 5.92. The Balaban J connectivity index is 1.37. The summed E-state index contributed by atoms with van der Waals surface area (Å²) in [5, 5.41) is 0. The minimum Gasteiger partial charge on any atom is -0.472 e. The third-order valence-corrected chi connectivity index (χ3v) is 4.57. The first-order valence-electron chi connectivity index (χ1n) is 8.81. The van der Waals surface area contributed by atoms with Crippen molar-refractivity contribution in [2.75, 3.05) is 44.3 Å². The lowest BCUT2D eigenvalue weighted by atomic mass is 10.3. The van der Waals surface area contributed by atoms with Gasteiger partial charge in [-0.15, -0.1) is 0 Å². The van der Waals surface area contributed by atoms with Gasteiger partial charge in [-0.25, -0.2) is 9.97 Å². The van der Waals surface area contributed by atoms with Gasteiger partial charge in [0.05, 0.1) is 19.8 Å². The summed E-state index contributed by atoms with van der Waals surface area (Å²) in [6, 6.07) is 7.20. The molecule has 2 saturated heterocycles. The lowest BCUT2D eigenvalue weighted by Crippen LogP contribution is -2.36. The molecule has 1 amide bonds. The largest absolute Gasteiger partial charge is 0.472 e. The topological polar surface area (TPSA) is 80.7 Å². The van der Waals surface area contributed by atoms with Crippen molar-refractivity contribution in [1.82, 2.24) is 19.9 Å². The van der Waals surface area contributed by atoms with Gasteiger partial charge in [-0.3, -0.25) is 9.78 Å². The summed E-state index contributed by atoms with van der Waals surface area (Å²) in [6.07, 6.45) is 3.85. The first kappa shape index (κ1) is 16.7. The Hall–Kier alpha value is -2.74. The number of ether oxygens (including phenoxy) is 2. The Labute approximate surface area is 151 Å². The molecule has 4 heterocycles. The molecule has 0 aliphatic carbocycles. The van der Waals surface area contributed by atoms with Crippen LogP contribution in [0.3, 0.4) is 0 Å². The van der Waals surface area contributed by atoms with Crippen LogP contribution in [0.25, 0.3) is 0 Å². The standard InChI is InChI=1S/C18H21N5O3/c24-18(15-3-1-2-5-19-15)23-6-4-14(12-23)26-17-11-16(20-13-21-17)22-7-9-25-10-8-22/h1-3,5,11,13-14H,4,6-10,12H2/t14-/m0/s1. The zero-order chi connectivity index (χ0) is 17.8. The number of carbonyl (C=O) groups is 1. The Morgan fingerprint density at radius 1 is 1.15 bits per heavy atom. The highest BCUT2D eigenvalue weighted by Gasteiger charge is 2.29. The summed E-state index contributed by atoms with van der Waals surface area (Å²) in [6.45, 7) is 4.22. The third-order valence-electron chi connectivity index (χ3n) is 4.57. The first-order valence-corrected chi connectivity index (χ1v) is 8.81. The lowest BCUT2D eigenvalue weighted by Gasteiger charge is -2.27. The molecule has 0 saturated carbocycles. The van der Waals surface area contributed by atoms with Crippen LogP contribution in [0.1, 0.15) is 16.9 Å². The number of amides is 1. The second-order valence-corrected chi connectivity index (χ2v) is 6.31. The van der Waals surface area contributed by atoms with Gasteiger partial charge in [0, 0.05) is 38.3 Å². The number of carbonyl (C=O) groups excluding carboxylic acids is 1. The summed E-state index contributed by atoms with van der Waals surface area (Å²) in [7, 11) is 0. The second kappa shape index (κ2) is 7.65. The SMILES string of the molecule is O=C(c1ccccn1)N1CC[C@H](Oc2cc(N3CCOCC3)ncn2)C1. The fourth-order valence-corrected chi connectivity index (χ4v) is 3.19. The quantitative estimate of drug-likeness (QED) is 0.809. The number of nitrogens with zero attached hydrogens (tertiary/aromatic N) is 5. The molecule has 2 aromatic rings. The van der Waals surface area contributed by atoms with Crippen LogP contribution < -0.4 is 9.64 Å². The summed E-state index contributed by atoms with van der Waals surface area (Å²) in [4.78, 5) is 29.1. The summed E-state index contributed by atoms with van der Waals surface area (Å²) >= 11 is 0. The van der Waals surface area contributed by atoms with Gasteiger partial charge in [-0.05, 0) is 12.1 Å². The third kappa shape index (κ3) is 3.75. The van der Waals surface area contributed by atoms with Crippen LogP contribution in [0.5, 0.6) is 5.88 Å². The van der Waals surface area contributed by atoms with Gasteiger partial charge in [0.1, 0.15) is 23.9 Å². The Morgan fingerprint density at radius 3 is 2.85 bits per heavy atom.